The van der Waals surface area contributed by atoms with E-state index in [1.807, 2.05) is 51.2 Å². The molecule has 0 radical (unpaired) electrons. The summed E-state index contributed by atoms with van der Waals surface area (Å²) in [5.74, 6) is 0.762. The highest BCUT2D eigenvalue weighted by Gasteiger charge is 2.12. The van der Waals surface area contributed by atoms with Gasteiger partial charge in [-0.25, -0.2) is 0 Å². The molecule has 0 aliphatic carbocycles. The summed E-state index contributed by atoms with van der Waals surface area (Å²) in [6.07, 6.45) is 1.87. The lowest BCUT2D eigenvalue weighted by molar-refractivity contribution is 0.393. The van der Waals surface area contributed by atoms with Gasteiger partial charge >= 0.3 is 0 Å². The number of rotatable bonds is 3. The average molecular weight is 294 g/mol. The van der Waals surface area contributed by atoms with Crippen molar-refractivity contribution in [3.8, 4) is 11.1 Å². The van der Waals surface area contributed by atoms with Crippen LogP contribution in [0.1, 0.15) is 22.6 Å². The Labute approximate surface area is 129 Å². The van der Waals surface area contributed by atoms with Gasteiger partial charge in [0.1, 0.15) is 5.76 Å². The molecule has 4 heteroatoms. The summed E-state index contributed by atoms with van der Waals surface area (Å²) >= 11 is 0. The van der Waals surface area contributed by atoms with E-state index in [1.165, 1.54) is 5.56 Å². The Morgan fingerprint density at radius 3 is 2.64 bits per heavy atom. The number of pyridine rings is 1. The van der Waals surface area contributed by atoms with E-state index >= 15 is 0 Å². The third kappa shape index (κ3) is 2.72. The first-order valence-corrected chi connectivity index (χ1v) is 7.24. The molecular formula is C18H18N2O2. The Kier molecular flexibility index (Phi) is 3.67. The minimum absolute atomic E-state index is 0.0167. The molecule has 0 aliphatic heterocycles. The van der Waals surface area contributed by atoms with Crippen molar-refractivity contribution < 1.29 is 4.52 Å². The second-order valence-corrected chi connectivity index (χ2v) is 5.57. The number of aromatic nitrogens is 2. The van der Waals surface area contributed by atoms with Gasteiger partial charge < -0.3 is 9.09 Å². The topological polar surface area (TPSA) is 48.0 Å². The quantitative estimate of drug-likeness (QED) is 0.743. The van der Waals surface area contributed by atoms with Crippen LogP contribution in [-0.2, 0) is 6.54 Å². The highest BCUT2D eigenvalue weighted by atomic mass is 16.5. The Morgan fingerprint density at radius 1 is 1.14 bits per heavy atom. The molecule has 2 aromatic heterocycles. The summed E-state index contributed by atoms with van der Waals surface area (Å²) in [5, 5.41) is 3.98. The zero-order valence-electron chi connectivity index (χ0n) is 13.0. The molecule has 0 fully saturated rings. The van der Waals surface area contributed by atoms with E-state index < -0.39 is 0 Å². The number of hydrogen-bond acceptors (Lipinski definition) is 3. The standard InChI is InChI=1S/C18H18N2O2/c1-12-5-4-6-15(9-12)10-20-11-16(7-8-17(20)21)18-13(2)19-22-14(18)3/h4-9,11H,10H2,1-3H3. The van der Waals surface area contributed by atoms with Crippen LogP contribution in [0.25, 0.3) is 11.1 Å². The number of nitrogens with zero attached hydrogens (tertiary/aromatic N) is 2. The maximum absolute atomic E-state index is 12.1. The molecule has 2 heterocycles. The van der Waals surface area contributed by atoms with Crippen molar-refractivity contribution >= 4 is 0 Å². The maximum Gasteiger partial charge on any atom is 0.250 e. The Morgan fingerprint density at radius 2 is 1.95 bits per heavy atom. The van der Waals surface area contributed by atoms with Crippen LogP contribution in [0.4, 0.5) is 0 Å². The van der Waals surface area contributed by atoms with E-state index in [2.05, 4.69) is 11.2 Å². The summed E-state index contributed by atoms with van der Waals surface area (Å²) in [6, 6.07) is 11.6. The molecule has 1 aromatic carbocycles. The van der Waals surface area contributed by atoms with E-state index in [1.54, 1.807) is 10.6 Å². The van der Waals surface area contributed by atoms with E-state index in [0.29, 0.717) is 6.54 Å². The Hall–Kier alpha value is -2.62. The molecule has 0 N–H and O–H groups in total. The van der Waals surface area contributed by atoms with E-state index in [9.17, 15) is 4.79 Å². The van der Waals surface area contributed by atoms with E-state index in [4.69, 9.17) is 4.52 Å². The monoisotopic (exact) mass is 294 g/mol. The van der Waals surface area contributed by atoms with Crippen LogP contribution < -0.4 is 5.56 Å². The molecule has 0 atom stereocenters. The molecule has 0 bridgehead atoms. The molecule has 112 valence electrons. The van der Waals surface area contributed by atoms with Gasteiger partial charge in [0.2, 0.25) is 0 Å². The third-order valence-electron chi connectivity index (χ3n) is 3.74. The summed E-state index contributed by atoms with van der Waals surface area (Å²) in [7, 11) is 0. The molecule has 0 amide bonds. The van der Waals surface area contributed by atoms with Crippen LogP contribution in [0.3, 0.4) is 0 Å². The van der Waals surface area contributed by atoms with E-state index in [0.717, 1.165) is 28.1 Å². The van der Waals surface area contributed by atoms with Gasteiger partial charge in [-0.1, -0.05) is 35.0 Å². The van der Waals surface area contributed by atoms with Crippen LogP contribution in [0.2, 0.25) is 0 Å². The number of benzene rings is 1. The van der Waals surface area contributed by atoms with Crippen molar-refractivity contribution in [1.29, 1.82) is 0 Å². The molecular weight excluding hydrogens is 276 g/mol. The highest BCUT2D eigenvalue weighted by Crippen LogP contribution is 2.25. The summed E-state index contributed by atoms with van der Waals surface area (Å²) in [5.41, 5.74) is 5.02. The smallest absolute Gasteiger partial charge is 0.250 e. The van der Waals surface area contributed by atoms with Gasteiger partial charge in [0.15, 0.2) is 0 Å². The van der Waals surface area contributed by atoms with Gasteiger partial charge in [-0.05, 0) is 32.4 Å². The van der Waals surface area contributed by atoms with Gasteiger partial charge in [-0.2, -0.15) is 0 Å². The third-order valence-corrected chi connectivity index (χ3v) is 3.74. The summed E-state index contributed by atoms with van der Waals surface area (Å²) in [4.78, 5) is 12.1. The fourth-order valence-corrected chi connectivity index (χ4v) is 2.71. The second kappa shape index (κ2) is 5.64. The van der Waals surface area contributed by atoms with E-state index in [-0.39, 0.29) is 5.56 Å². The average Bonchev–Trinajstić information content (AvgIpc) is 2.81. The first-order chi connectivity index (χ1) is 10.5. The number of hydrogen-bond donors (Lipinski definition) is 0. The predicted molar refractivity (Wildman–Crippen MR) is 86.0 cm³/mol. The number of aryl methyl sites for hydroxylation is 3. The molecule has 0 aliphatic rings. The largest absolute Gasteiger partial charge is 0.361 e. The first-order valence-electron chi connectivity index (χ1n) is 7.24. The molecule has 0 saturated carbocycles. The minimum Gasteiger partial charge on any atom is -0.361 e. The second-order valence-electron chi connectivity index (χ2n) is 5.57. The molecule has 4 nitrogen and oxygen atoms in total. The van der Waals surface area contributed by atoms with Crippen LogP contribution in [-0.4, -0.2) is 9.72 Å². The van der Waals surface area contributed by atoms with Gasteiger partial charge in [0, 0.05) is 23.4 Å². The lowest BCUT2D eigenvalue weighted by Crippen LogP contribution is -2.19. The van der Waals surface area contributed by atoms with Gasteiger partial charge in [-0.15, -0.1) is 0 Å². The molecule has 22 heavy (non-hydrogen) atoms. The van der Waals surface area contributed by atoms with Crippen molar-refractivity contribution in [2.24, 2.45) is 0 Å². The molecule has 0 spiro atoms. The van der Waals surface area contributed by atoms with Crippen LogP contribution in [0.15, 0.2) is 51.9 Å². The highest BCUT2D eigenvalue weighted by molar-refractivity contribution is 5.66. The van der Waals surface area contributed by atoms with Crippen molar-refractivity contribution in [3.05, 3.63) is 75.5 Å². The molecule has 0 unspecified atom stereocenters. The predicted octanol–water partition coefficient (Wildman–Crippen LogP) is 3.48. The Bertz CT molecular complexity index is 855. The van der Waals surface area contributed by atoms with Crippen molar-refractivity contribution in [3.63, 3.8) is 0 Å². The molecule has 3 rings (SSSR count). The first kappa shape index (κ1) is 14.3. The summed E-state index contributed by atoms with van der Waals surface area (Å²) in [6.45, 7) is 6.39. The van der Waals surface area contributed by atoms with Gasteiger partial charge in [0.05, 0.1) is 12.2 Å². The lowest BCUT2D eigenvalue weighted by Gasteiger charge is -2.09. The van der Waals surface area contributed by atoms with Crippen LogP contribution in [0.5, 0.6) is 0 Å². The van der Waals surface area contributed by atoms with Crippen molar-refractivity contribution in [2.45, 2.75) is 27.3 Å². The van der Waals surface area contributed by atoms with Crippen molar-refractivity contribution in [2.75, 3.05) is 0 Å². The molecule has 3 aromatic rings. The Balaban J connectivity index is 2.02. The molecule has 0 saturated heterocycles. The fraction of sp³-hybridized carbons (Fsp3) is 0.222. The normalized spacial score (nSPS) is 10.9. The van der Waals surface area contributed by atoms with Gasteiger partial charge in [-0.3, -0.25) is 4.79 Å². The lowest BCUT2D eigenvalue weighted by atomic mass is 10.1. The SMILES string of the molecule is Cc1cccc(Cn2cc(-c3c(C)noc3C)ccc2=O)c1. The van der Waals surface area contributed by atoms with Crippen LogP contribution >= 0.6 is 0 Å². The maximum atomic E-state index is 12.1. The van der Waals surface area contributed by atoms with Crippen LogP contribution in [0, 0.1) is 20.8 Å². The zero-order valence-corrected chi connectivity index (χ0v) is 13.0. The fourth-order valence-electron chi connectivity index (χ4n) is 2.71. The zero-order chi connectivity index (χ0) is 15.7. The minimum atomic E-state index is -0.0167. The van der Waals surface area contributed by atoms with Crippen molar-refractivity contribution in [1.82, 2.24) is 9.72 Å². The van der Waals surface area contributed by atoms with Gasteiger partial charge in [0.25, 0.3) is 5.56 Å². The summed E-state index contributed by atoms with van der Waals surface area (Å²) < 4.78 is 6.93.